The minimum Gasteiger partial charge on any atom is -0.354 e. The van der Waals surface area contributed by atoms with Crippen LogP contribution >= 0.6 is 0 Å². The van der Waals surface area contributed by atoms with E-state index in [1.165, 1.54) is 78.6 Å². The van der Waals surface area contributed by atoms with Crippen molar-refractivity contribution >= 4 is 33.2 Å². The fraction of sp³-hybridized carbons (Fsp3) is 0.286. The normalized spacial score (nSPS) is 12.0. The number of nitro benzene ring substituents is 1. The molecule has 0 spiro atoms. The van der Waals surface area contributed by atoms with Crippen LogP contribution < -0.4 is 9.62 Å². The van der Waals surface area contributed by atoms with E-state index < -0.39 is 45.2 Å². The van der Waals surface area contributed by atoms with Crippen LogP contribution in [0.1, 0.15) is 26.3 Å². The SMILES string of the molecule is CC(C)CNC(=O)C(C)N(Cc1ccc(F)cc1)C(=O)CN(c1cccc([N+](=O)[O-])c1)S(=O)(=O)c1ccccc1. The van der Waals surface area contributed by atoms with Gasteiger partial charge in [-0.1, -0.05) is 50.2 Å². The molecule has 1 unspecified atom stereocenters. The van der Waals surface area contributed by atoms with Crippen molar-refractivity contribution in [2.75, 3.05) is 17.4 Å². The van der Waals surface area contributed by atoms with Crippen molar-refractivity contribution in [1.29, 1.82) is 0 Å². The molecular formula is C28H31FN4O6S. The fourth-order valence-corrected chi connectivity index (χ4v) is 5.26. The molecule has 10 nitrogen and oxygen atoms in total. The third-order valence-corrected chi connectivity index (χ3v) is 7.84. The van der Waals surface area contributed by atoms with E-state index in [2.05, 4.69) is 5.32 Å². The Balaban J connectivity index is 2.04. The lowest BCUT2D eigenvalue weighted by Crippen LogP contribution is -2.51. The van der Waals surface area contributed by atoms with Gasteiger partial charge in [0.15, 0.2) is 0 Å². The van der Waals surface area contributed by atoms with Gasteiger partial charge in [0.25, 0.3) is 15.7 Å². The molecule has 1 atom stereocenters. The van der Waals surface area contributed by atoms with Crippen LogP contribution in [-0.4, -0.2) is 49.2 Å². The highest BCUT2D eigenvalue weighted by Crippen LogP contribution is 2.27. The Morgan fingerprint density at radius 3 is 2.23 bits per heavy atom. The molecular weight excluding hydrogens is 539 g/mol. The Kier molecular flexibility index (Phi) is 9.94. The lowest BCUT2D eigenvalue weighted by atomic mass is 10.1. The highest BCUT2D eigenvalue weighted by molar-refractivity contribution is 7.92. The molecule has 0 radical (unpaired) electrons. The number of hydrogen-bond acceptors (Lipinski definition) is 6. The van der Waals surface area contributed by atoms with Gasteiger partial charge in [-0.05, 0) is 48.7 Å². The lowest BCUT2D eigenvalue weighted by molar-refractivity contribution is -0.384. The van der Waals surface area contributed by atoms with E-state index in [1.807, 2.05) is 13.8 Å². The second-order valence-corrected chi connectivity index (χ2v) is 11.4. The Morgan fingerprint density at radius 2 is 1.62 bits per heavy atom. The first-order valence-electron chi connectivity index (χ1n) is 12.5. The van der Waals surface area contributed by atoms with Crippen LogP contribution in [0.4, 0.5) is 15.8 Å². The molecule has 2 amide bonds. The molecule has 3 aromatic rings. The van der Waals surface area contributed by atoms with Crippen LogP contribution in [0.2, 0.25) is 0 Å². The molecule has 0 saturated carbocycles. The van der Waals surface area contributed by atoms with Gasteiger partial charge >= 0.3 is 0 Å². The van der Waals surface area contributed by atoms with Gasteiger partial charge in [0, 0.05) is 25.2 Å². The second-order valence-electron chi connectivity index (χ2n) is 9.56. The Morgan fingerprint density at radius 1 is 0.975 bits per heavy atom. The first kappa shape index (κ1) is 30.2. The maximum atomic E-state index is 13.8. The molecule has 1 N–H and O–H groups in total. The van der Waals surface area contributed by atoms with Crippen LogP contribution in [0.3, 0.4) is 0 Å². The van der Waals surface area contributed by atoms with Gasteiger partial charge in [-0.2, -0.15) is 0 Å². The van der Waals surface area contributed by atoms with E-state index in [-0.39, 0.29) is 28.7 Å². The van der Waals surface area contributed by atoms with E-state index >= 15 is 0 Å². The van der Waals surface area contributed by atoms with Crippen LogP contribution in [-0.2, 0) is 26.2 Å². The van der Waals surface area contributed by atoms with E-state index in [0.717, 1.165) is 10.4 Å². The minimum atomic E-state index is -4.36. The van der Waals surface area contributed by atoms with E-state index in [1.54, 1.807) is 6.07 Å². The number of hydrogen-bond donors (Lipinski definition) is 1. The number of carbonyl (C=O) groups is 2. The molecule has 3 rings (SSSR count). The summed E-state index contributed by atoms with van der Waals surface area (Å²) >= 11 is 0. The number of halogens is 1. The zero-order chi connectivity index (χ0) is 29.4. The van der Waals surface area contributed by atoms with Gasteiger partial charge in [0.2, 0.25) is 11.8 Å². The number of nitro groups is 1. The van der Waals surface area contributed by atoms with Gasteiger partial charge in [-0.3, -0.25) is 24.0 Å². The number of non-ortho nitro benzene ring substituents is 1. The van der Waals surface area contributed by atoms with Crippen LogP contribution in [0, 0.1) is 21.8 Å². The Bertz CT molecular complexity index is 1450. The quantitative estimate of drug-likeness (QED) is 0.258. The highest BCUT2D eigenvalue weighted by atomic mass is 32.2. The van der Waals surface area contributed by atoms with Gasteiger partial charge in [-0.25, -0.2) is 12.8 Å². The predicted octanol–water partition coefficient (Wildman–Crippen LogP) is 4.12. The molecule has 3 aromatic carbocycles. The zero-order valence-corrected chi connectivity index (χ0v) is 23.2. The molecule has 0 aliphatic rings. The number of benzene rings is 3. The van der Waals surface area contributed by atoms with E-state index in [0.29, 0.717) is 12.1 Å². The third kappa shape index (κ3) is 7.63. The molecule has 0 heterocycles. The van der Waals surface area contributed by atoms with Crippen molar-refractivity contribution < 1.29 is 27.3 Å². The number of anilines is 1. The summed E-state index contributed by atoms with van der Waals surface area (Å²) in [6.07, 6.45) is 0. The van der Waals surface area contributed by atoms with Crippen LogP contribution in [0.15, 0.2) is 83.8 Å². The molecule has 40 heavy (non-hydrogen) atoms. The molecule has 0 aromatic heterocycles. The van der Waals surface area contributed by atoms with Crippen molar-refractivity contribution in [3.63, 3.8) is 0 Å². The van der Waals surface area contributed by atoms with Crippen molar-refractivity contribution in [1.82, 2.24) is 10.2 Å². The average Bonchev–Trinajstić information content (AvgIpc) is 2.94. The van der Waals surface area contributed by atoms with Crippen LogP contribution in [0.5, 0.6) is 0 Å². The largest absolute Gasteiger partial charge is 0.354 e. The number of nitrogens with one attached hydrogen (secondary N) is 1. The molecule has 212 valence electrons. The first-order valence-corrected chi connectivity index (χ1v) is 14.0. The second kappa shape index (κ2) is 13.2. The van der Waals surface area contributed by atoms with Crippen molar-refractivity contribution in [3.8, 4) is 0 Å². The van der Waals surface area contributed by atoms with Gasteiger partial charge in [0.1, 0.15) is 18.4 Å². The fourth-order valence-electron chi connectivity index (χ4n) is 3.83. The third-order valence-electron chi connectivity index (χ3n) is 6.06. The summed E-state index contributed by atoms with van der Waals surface area (Å²) in [5.41, 5.74) is 0.0685. The zero-order valence-electron chi connectivity index (χ0n) is 22.4. The number of nitrogens with zero attached hydrogens (tertiary/aromatic N) is 3. The molecule has 0 fully saturated rings. The predicted molar refractivity (Wildman–Crippen MR) is 148 cm³/mol. The van der Waals surface area contributed by atoms with Gasteiger partial charge in [0.05, 0.1) is 15.5 Å². The summed E-state index contributed by atoms with van der Waals surface area (Å²) < 4.78 is 41.7. The van der Waals surface area contributed by atoms with Gasteiger partial charge < -0.3 is 10.2 Å². The average molecular weight is 571 g/mol. The summed E-state index contributed by atoms with van der Waals surface area (Å²) in [5.74, 6) is -1.51. The first-order chi connectivity index (χ1) is 18.9. The standard InChI is InChI=1S/C28H31FN4O6S/c1-20(2)17-30-28(35)21(3)31(18-22-12-14-23(29)15-13-22)27(34)19-32(24-8-7-9-25(16-24)33(36)37)40(38,39)26-10-5-4-6-11-26/h4-16,20-21H,17-19H2,1-3H3,(H,30,35). The van der Waals surface area contributed by atoms with Crippen molar-refractivity contribution in [2.24, 2.45) is 5.92 Å². The maximum absolute atomic E-state index is 13.8. The Hall–Kier alpha value is -4.32. The van der Waals surface area contributed by atoms with Crippen LogP contribution in [0.25, 0.3) is 0 Å². The molecule has 0 aliphatic heterocycles. The van der Waals surface area contributed by atoms with E-state index in [9.17, 15) is 32.5 Å². The van der Waals surface area contributed by atoms with Crippen molar-refractivity contribution in [3.05, 3.63) is 100 Å². The number of carbonyl (C=O) groups excluding carboxylic acids is 2. The monoisotopic (exact) mass is 570 g/mol. The molecule has 0 aliphatic carbocycles. The molecule has 0 bridgehead atoms. The lowest BCUT2D eigenvalue weighted by Gasteiger charge is -2.32. The smallest absolute Gasteiger partial charge is 0.271 e. The number of rotatable bonds is 12. The summed E-state index contributed by atoms with van der Waals surface area (Å²) in [5, 5.41) is 14.2. The molecule has 0 saturated heterocycles. The minimum absolute atomic E-state index is 0.0925. The summed E-state index contributed by atoms with van der Waals surface area (Å²) in [7, 11) is -4.36. The Labute approximate surface area is 232 Å². The highest BCUT2D eigenvalue weighted by Gasteiger charge is 2.33. The topological polar surface area (TPSA) is 130 Å². The number of sulfonamides is 1. The van der Waals surface area contributed by atoms with Crippen molar-refractivity contribution in [2.45, 2.75) is 38.3 Å². The maximum Gasteiger partial charge on any atom is 0.271 e. The van der Waals surface area contributed by atoms with Gasteiger partial charge in [-0.15, -0.1) is 0 Å². The van der Waals surface area contributed by atoms with E-state index in [4.69, 9.17) is 0 Å². The number of amides is 2. The molecule has 12 heteroatoms. The summed E-state index contributed by atoms with van der Waals surface area (Å²) in [6, 6.07) is 16.7. The summed E-state index contributed by atoms with van der Waals surface area (Å²) in [4.78, 5) is 38.6. The summed E-state index contributed by atoms with van der Waals surface area (Å²) in [6.45, 7) is 4.85.